The Morgan fingerprint density at radius 2 is 1.43 bits per heavy atom. The summed E-state index contributed by atoms with van der Waals surface area (Å²) in [5.41, 5.74) is 2.95. The Morgan fingerprint density at radius 1 is 0.771 bits per heavy atom. The highest BCUT2D eigenvalue weighted by Crippen LogP contribution is 2.31. The Bertz CT molecular complexity index is 1440. The summed E-state index contributed by atoms with van der Waals surface area (Å²) in [5, 5.41) is 3.31. The van der Waals surface area contributed by atoms with Gasteiger partial charge in [0.1, 0.15) is 0 Å². The van der Waals surface area contributed by atoms with E-state index in [9.17, 15) is 9.59 Å². The maximum atomic E-state index is 13.2. The van der Waals surface area contributed by atoms with Gasteiger partial charge in [-0.05, 0) is 65.6 Å². The van der Waals surface area contributed by atoms with Crippen molar-refractivity contribution < 1.29 is 9.59 Å². The molecule has 3 nitrogen and oxygen atoms in total. The Kier molecular flexibility index (Phi) is 6.46. The van der Waals surface area contributed by atoms with Crippen LogP contribution in [0.5, 0.6) is 0 Å². The van der Waals surface area contributed by atoms with Crippen LogP contribution in [0, 0.1) is 5.92 Å². The number of hydrogen-bond acceptors (Lipinski definition) is 2. The number of hydrogen-bond donors (Lipinski definition) is 0. The first kappa shape index (κ1) is 23.3. The van der Waals surface area contributed by atoms with E-state index in [0.29, 0.717) is 27.6 Å². The van der Waals surface area contributed by atoms with Gasteiger partial charge in [0.2, 0.25) is 0 Å². The van der Waals surface area contributed by atoms with Crippen LogP contribution >= 0.6 is 23.2 Å². The molecule has 35 heavy (non-hydrogen) atoms. The zero-order valence-corrected chi connectivity index (χ0v) is 20.6. The number of imide groups is 1. The molecule has 2 atom stereocenters. The van der Waals surface area contributed by atoms with Crippen LogP contribution < -0.4 is 0 Å². The Balaban J connectivity index is 1.48. The van der Waals surface area contributed by atoms with Crippen molar-refractivity contribution in [1.82, 2.24) is 4.90 Å². The molecule has 0 fully saturated rings. The van der Waals surface area contributed by atoms with Gasteiger partial charge in [0, 0.05) is 12.0 Å². The molecule has 0 radical (unpaired) electrons. The van der Waals surface area contributed by atoms with Gasteiger partial charge in [0.05, 0.1) is 21.2 Å². The molecule has 0 aromatic heterocycles. The highest BCUT2D eigenvalue weighted by molar-refractivity contribution is 6.42. The first-order valence-electron chi connectivity index (χ1n) is 11.5. The van der Waals surface area contributed by atoms with Gasteiger partial charge in [-0.25, -0.2) is 0 Å². The van der Waals surface area contributed by atoms with E-state index in [0.717, 1.165) is 16.5 Å². The molecule has 0 spiro atoms. The fourth-order valence-electron chi connectivity index (χ4n) is 4.65. The summed E-state index contributed by atoms with van der Waals surface area (Å²) in [4.78, 5) is 27.7. The van der Waals surface area contributed by atoms with Gasteiger partial charge in [-0.2, -0.15) is 0 Å². The highest BCUT2D eigenvalue weighted by atomic mass is 35.5. The summed E-state index contributed by atoms with van der Waals surface area (Å²) in [6.07, 6.45) is 4.74. The van der Waals surface area contributed by atoms with E-state index in [1.807, 2.05) is 31.2 Å². The average molecular weight is 500 g/mol. The lowest BCUT2D eigenvalue weighted by molar-refractivity contribution is 0.0563. The molecule has 0 saturated carbocycles. The van der Waals surface area contributed by atoms with Crippen LogP contribution in [0.15, 0.2) is 91.0 Å². The molecule has 1 aliphatic heterocycles. The second kappa shape index (κ2) is 9.69. The van der Waals surface area contributed by atoms with Crippen molar-refractivity contribution >= 4 is 51.9 Å². The summed E-state index contributed by atoms with van der Waals surface area (Å²) in [7, 11) is 0. The van der Waals surface area contributed by atoms with E-state index in [1.54, 1.807) is 30.3 Å². The lowest BCUT2D eigenvalue weighted by atomic mass is 9.90. The van der Waals surface area contributed by atoms with Crippen molar-refractivity contribution in [2.24, 2.45) is 5.92 Å². The van der Waals surface area contributed by atoms with Gasteiger partial charge in [-0.15, -0.1) is 0 Å². The third-order valence-electron chi connectivity index (χ3n) is 6.62. The monoisotopic (exact) mass is 499 g/mol. The first-order chi connectivity index (χ1) is 16.9. The molecule has 5 heteroatoms. The van der Waals surface area contributed by atoms with Crippen LogP contribution in [0.25, 0.3) is 16.8 Å². The molecule has 4 aromatic rings. The lowest BCUT2D eigenvalue weighted by Gasteiger charge is -2.29. The van der Waals surface area contributed by atoms with Gasteiger partial charge in [0.25, 0.3) is 11.8 Å². The summed E-state index contributed by atoms with van der Waals surface area (Å²) in [6.45, 7) is 1.93. The number of fused-ring (bicyclic) bond motifs is 2. The highest BCUT2D eigenvalue weighted by Gasteiger charge is 2.40. The molecule has 0 saturated heterocycles. The number of nitrogens with zero attached hydrogens (tertiary/aromatic N) is 1. The van der Waals surface area contributed by atoms with Crippen LogP contribution in [0.1, 0.15) is 38.8 Å². The molecule has 1 aliphatic rings. The average Bonchev–Trinajstić information content (AvgIpc) is 3.13. The molecule has 2 amide bonds. The van der Waals surface area contributed by atoms with Gasteiger partial charge in [-0.3, -0.25) is 14.5 Å². The van der Waals surface area contributed by atoms with Crippen LogP contribution in [0.2, 0.25) is 10.0 Å². The van der Waals surface area contributed by atoms with Crippen LogP contribution in [0.4, 0.5) is 0 Å². The fraction of sp³-hybridized carbons (Fsp3) is 0.133. The molecule has 1 heterocycles. The summed E-state index contributed by atoms with van der Waals surface area (Å²) < 4.78 is 0. The molecule has 2 unspecified atom stereocenters. The number of rotatable bonds is 6. The van der Waals surface area contributed by atoms with Crippen molar-refractivity contribution in [3.63, 3.8) is 0 Å². The van der Waals surface area contributed by atoms with Crippen molar-refractivity contribution in [2.45, 2.75) is 19.4 Å². The van der Waals surface area contributed by atoms with Crippen molar-refractivity contribution in [2.75, 3.05) is 0 Å². The number of benzene rings is 4. The van der Waals surface area contributed by atoms with Crippen LogP contribution in [-0.4, -0.2) is 22.8 Å². The number of carbonyl (C=O) groups is 2. The van der Waals surface area contributed by atoms with Crippen molar-refractivity contribution in [3.05, 3.63) is 123 Å². The third kappa shape index (κ3) is 4.62. The number of halogens is 2. The second-order valence-electron chi connectivity index (χ2n) is 8.85. The number of carbonyl (C=O) groups excluding carboxylic acids is 2. The van der Waals surface area contributed by atoms with Crippen LogP contribution in [-0.2, 0) is 6.42 Å². The van der Waals surface area contributed by atoms with E-state index < -0.39 is 0 Å². The second-order valence-corrected chi connectivity index (χ2v) is 9.66. The molecule has 5 rings (SSSR count). The van der Waals surface area contributed by atoms with Gasteiger partial charge < -0.3 is 0 Å². The van der Waals surface area contributed by atoms with E-state index in [4.69, 9.17) is 23.2 Å². The largest absolute Gasteiger partial charge is 0.271 e. The molecule has 174 valence electrons. The Hall–Kier alpha value is -3.40. The Labute approximate surface area is 214 Å². The summed E-state index contributed by atoms with van der Waals surface area (Å²) in [5.74, 6) is -0.645. The molecular formula is C30H23Cl2NO2. The predicted octanol–water partition coefficient (Wildman–Crippen LogP) is 7.70. The van der Waals surface area contributed by atoms with E-state index in [1.165, 1.54) is 10.3 Å². The lowest BCUT2D eigenvalue weighted by Crippen LogP contribution is -2.42. The molecule has 4 aromatic carbocycles. The molecule has 0 N–H and O–H groups in total. The zero-order chi connectivity index (χ0) is 24.5. The summed E-state index contributed by atoms with van der Waals surface area (Å²) >= 11 is 12.4. The topological polar surface area (TPSA) is 37.4 Å². The maximum Gasteiger partial charge on any atom is 0.261 e. The van der Waals surface area contributed by atoms with Crippen molar-refractivity contribution in [3.8, 4) is 0 Å². The van der Waals surface area contributed by atoms with E-state index in [-0.39, 0.29) is 23.8 Å². The van der Waals surface area contributed by atoms with Crippen LogP contribution in [0.3, 0.4) is 0 Å². The van der Waals surface area contributed by atoms with Crippen molar-refractivity contribution in [1.29, 1.82) is 0 Å². The summed E-state index contributed by atoms with van der Waals surface area (Å²) in [6, 6.07) is 26.7. The quantitative estimate of drug-likeness (QED) is 0.255. The maximum absolute atomic E-state index is 13.2. The standard InChI is InChI=1S/C30H23Cl2NO2/c1-19(33-29(34)25-8-4-5-9-26(25)30(33)35)23(17-21-12-15-27(31)28(32)18-21)14-11-20-10-13-22-6-2-3-7-24(22)16-20/h2-16,18-19,23H,17H2,1H3/b14-11+. The minimum absolute atomic E-state index is 0.138. The zero-order valence-electron chi connectivity index (χ0n) is 19.1. The van der Waals surface area contributed by atoms with Gasteiger partial charge >= 0.3 is 0 Å². The normalized spacial score (nSPS) is 15.1. The van der Waals surface area contributed by atoms with Gasteiger partial charge in [-0.1, -0.05) is 90.0 Å². The third-order valence-corrected chi connectivity index (χ3v) is 7.36. The first-order valence-corrected chi connectivity index (χ1v) is 12.3. The Morgan fingerprint density at radius 3 is 2.11 bits per heavy atom. The smallest absolute Gasteiger partial charge is 0.261 e. The SMILES string of the molecule is CC(C(/C=C/c1ccc2ccccc2c1)Cc1ccc(Cl)c(Cl)c1)N1C(=O)c2ccccc2C1=O. The number of amides is 2. The van der Waals surface area contributed by atoms with E-state index >= 15 is 0 Å². The fourth-order valence-corrected chi connectivity index (χ4v) is 4.97. The minimum atomic E-state index is -0.367. The molecule has 0 aliphatic carbocycles. The minimum Gasteiger partial charge on any atom is -0.271 e. The molecule has 0 bridgehead atoms. The van der Waals surface area contributed by atoms with Gasteiger partial charge in [0.15, 0.2) is 0 Å². The molecular weight excluding hydrogens is 477 g/mol. The van der Waals surface area contributed by atoms with E-state index in [2.05, 4.69) is 42.5 Å². The predicted molar refractivity (Wildman–Crippen MR) is 143 cm³/mol.